The van der Waals surface area contributed by atoms with Crippen molar-refractivity contribution in [3.63, 3.8) is 0 Å². The summed E-state index contributed by atoms with van der Waals surface area (Å²) in [5.41, 5.74) is 8.50. The second-order valence-electron chi connectivity index (χ2n) is 5.13. The van der Waals surface area contributed by atoms with Crippen LogP contribution in [0, 0.1) is 0 Å². The van der Waals surface area contributed by atoms with Crippen molar-refractivity contribution in [2.75, 3.05) is 13.1 Å². The van der Waals surface area contributed by atoms with Gasteiger partial charge in [-0.2, -0.15) is 0 Å². The number of rotatable bonds is 2. The highest BCUT2D eigenvalue weighted by Gasteiger charge is 2.24. The summed E-state index contributed by atoms with van der Waals surface area (Å²) in [6, 6.07) is 11.9. The second-order valence-corrected chi connectivity index (χ2v) is 5.13. The lowest BCUT2D eigenvalue weighted by molar-refractivity contribution is 0.0790. The molecule has 1 atom stereocenters. The Labute approximate surface area is 118 Å². The van der Waals surface area contributed by atoms with E-state index in [1.165, 1.54) is 0 Å². The van der Waals surface area contributed by atoms with Gasteiger partial charge < -0.3 is 10.6 Å². The molecule has 1 aliphatic rings. The molecule has 1 fully saturated rings. The molecule has 0 radical (unpaired) electrons. The fraction of sp³-hybridized carbons (Fsp3) is 0.250. The quantitative estimate of drug-likeness (QED) is 0.904. The zero-order valence-corrected chi connectivity index (χ0v) is 11.2. The van der Waals surface area contributed by atoms with E-state index in [1.807, 2.05) is 36.4 Å². The van der Waals surface area contributed by atoms with Crippen LogP contribution in [0.4, 0.5) is 0 Å². The van der Waals surface area contributed by atoms with Gasteiger partial charge in [-0.05, 0) is 18.1 Å². The Morgan fingerprint density at radius 2 is 2.00 bits per heavy atom. The van der Waals surface area contributed by atoms with Crippen molar-refractivity contribution in [1.29, 1.82) is 0 Å². The maximum atomic E-state index is 12.4. The standard InChI is InChI=1S/C16H17N3O/c17-15-6-7-19(11-15)16(20)14-8-13(9-18-10-14)12-4-2-1-3-5-12/h1-5,8-10,15H,6-7,11,17H2/t15-/m1/s1. The van der Waals surface area contributed by atoms with Crippen molar-refractivity contribution in [2.24, 2.45) is 5.73 Å². The van der Waals surface area contributed by atoms with E-state index in [2.05, 4.69) is 4.98 Å². The van der Waals surface area contributed by atoms with E-state index < -0.39 is 0 Å². The molecular formula is C16H17N3O. The molecule has 4 nitrogen and oxygen atoms in total. The molecule has 102 valence electrons. The van der Waals surface area contributed by atoms with E-state index >= 15 is 0 Å². The molecule has 2 N–H and O–H groups in total. The van der Waals surface area contributed by atoms with Gasteiger partial charge in [0.15, 0.2) is 0 Å². The van der Waals surface area contributed by atoms with Crippen LogP contribution < -0.4 is 5.73 Å². The number of aromatic nitrogens is 1. The summed E-state index contributed by atoms with van der Waals surface area (Å²) < 4.78 is 0. The Morgan fingerprint density at radius 1 is 1.20 bits per heavy atom. The Kier molecular flexibility index (Phi) is 3.48. The maximum Gasteiger partial charge on any atom is 0.255 e. The summed E-state index contributed by atoms with van der Waals surface area (Å²) in [5, 5.41) is 0. The molecule has 0 saturated carbocycles. The highest BCUT2D eigenvalue weighted by Crippen LogP contribution is 2.20. The fourth-order valence-electron chi connectivity index (χ4n) is 2.50. The third-order valence-electron chi connectivity index (χ3n) is 3.60. The maximum absolute atomic E-state index is 12.4. The van der Waals surface area contributed by atoms with E-state index in [4.69, 9.17) is 5.73 Å². The number of hydrogen-bond acceptors (Lipinski definition) is 3. The third kappa shape index (κ3) is 2.56. The first-order valence-corrected chi connectivity index (χ1v) is 6.79. The van der Waals surface area contributed by atoms with Crippen LogP contribution in [-0.2, 0) is 0 Å². The summed E-state index contributed by atoms with van der Waals surface area (Å²) in [6.07, 6.45) is 4.28. The Hall–Kier alpha value is -2.20. The molecule has 3 rings (SSSR count). The van der Waals surface area contributed by atoms with Crippen molar-refractivity contribution < 1.29 is 4.79 Å². The average Bonchev–Trinajstić information content (AvgIpc) is 2.94. The summed E-state index contributed by atoms with van der Waals surface area (Å²) in [6.45, 7) is 1.37. The number of hydrogen-bond donors (Lipinski definition) is 1. The summed E-state index contributed by atoms with van der Waals surface area (Å²) >= 11 is 0. The lowest BCUT2D eigenvalue weighted by Gasteiger charge is -2.16. The first kappa shape index (κ1) is 12.8. The monoisotopic (exact) mass is 267 g/mol. The van der Waals surface area contributed by atoms with Gasteiger partial charge in [-0.3, -0.25) is 9.78 Å². The predicted octanol–water partition coefficient (Wildman–Crippen LogP) is 1.92. The molecule has 1 aromatic heterocycles. The van der Waals surface area contributed by atoms with Crippen molar-refractivity contribution in [3.8, 4) is 11.1 Å². The highest BCUT2D eigenvalue weighted by molar-refractivity contribution is 5.95. The molecule has 1 aliphatic heterocycles. The normalized spacial score (nSPS) is 18.2. The SMILES string of the molecule is N[C@@H]1CCN(C(=O)c2cncc(-c3ccccc3)c2)C1. The number of carbonyl (C=O) groups excluding carboxylic acids is 1. The molecule has 0 unspecified atom stereocenters. The van der Waals surface area contributed by atoms with E-state index in [1.54, 1.807) is 17.3 Å². The minimum atomic E-state index is 0.0169. The molecule has 1 saturated heterocycles. The van der Waals surface area contributed by atoms with Gasteiger partial charge >= 0.3 is 0 Å². The zero-order chi connectivity index (χ0) is 13.9. The van der Waals surface area contributed by atoms with Crippen molar-refractivity contribution in [1.82, 2.24) is 9.88 Å². The van der Waals surface area contributed by atoms with Gasteiger partial charge in [0, 0.05) is 37.1 Å². The lowest BCUT2D eigenvalue weighted by atomic mass is 10.1. The Morgan fingerprint density at radius 3 is 2.70 bits per heavy atom. The number of carbonyl (C=O) groups is 1. The molecule has 2 aromatic rings. The smallest absolute Gasteiger partial charge is 0.255 e. The predicted molar refractivity (Wildman–Crippen MR) is 78.2 cm³/mol. The molecule has 0 bridgehead atoms. The van der Waals surface area contributed by atoms with Crippen LogP contribution in [0.2, 0.25) is 0 Å². The van der Waals surface area contributed by atoms with Crippen LogP contribution in [-0.4, -0.2) is 34.9 Å². The van der Waals surface area contributed by atoms with Crippen molar-refractivity contribution >= 4 is 5.91 Å². The number of likely N-dealkylation sites (tertiary alicyclic amines) is 1. The van der Waals surface area contributed by atoms with Crippen LogP contribution in [0.1, 0.15) is 16.8 Å². The van der Waals surface area contributed by atoms with Crippen LogP contribution in [0.3, 0.4) is 0 Å². The second kappa shape index (κ2) is 5.43. The fourth-order valence-corrected chi connectivity index (χ4v) is 2.50. The van der Waals surface area contributed by atoms with Crippen LogP contribution in [0.25, 0.3) is 11.1 Å². The van der Waals surface area contributed by atoms with E-state index in [0.29, 0.717) is 12.1 Å². The summed E-state index contributed by atoms with van der Waals surface area (Å²) in [4.78, 5) is 18.4. The number of pyridine rings is 1. The van der Waals surface area contributed by atoms with E-state index in [0.717, 1.165) is 24.1 Å². The van der Waals surface area contributed by atoms with Gasteiger partial charge in [-0.15, -0.1) is 0 Å². The molecule has 2 heterocycles. The van der Waals surface area contributed by atoms with Crippen LogP contribution >= 0.6 is 0 Å². The van der Waals surface area contributed by atoms with Gasteiger partial charge in [0.25, 0.3) is 5.91 Å². The molecule has 0 spiro atoms. The average molecular weight is 267 g/mol. The van der Waals surface area contributed by atoms with Crippen LogP contribution in [0.15, 0.2) is 48.8 Å². The van der Waals surface area contributed by atoms with E-state index in [9.17, 15) is 4.79 Å². The molecule has 4 heteroatoms. The highest BCUT2D eigenvalue weighted by atomic mass is 16.2. The minimum absolute atomic E-state index is 0.0169. The molecule has 20 heavy (non-hydrogen) atoms. The number of amides is 1. The molecule has 0 aliphatic carbocycles. The largest absolute Gasteiger partial charge is 0.337 e. The molecule has 1 amide bonds. The minimum Gasteiger partial charge on any atom is -0.337 e. The molecular weight excluding hydrogens is 250 g/mol. The number of nitrogens with zero attached hydrogens (tertiary/aromatic N) is 2. The van der Waals surface area contributed by atoms with Crippen molar-refractivity contribution in [2.45, 2.75) is 12.5 Å². The van der Waals surface area contributed by atoms with Gasteiger partial charge in [-0.1, -0.05) is 30.3 Å². The Balaban J connectivity index is 1.86. The van der Waals surface area contributed by atoms with Gasteiger partial charge in [0.1, 0.15) is 0 Å². The lowest BCUT2D eigenvalue weighted by Crippen LogP contribution is -2.31. The number of benzene rings is 1. The van der Waals surface area contributed by atoms with Crippen LogP contribution in [0.5, 0.6) is 0 Å². The van der Waals surface area contributed by atoms with Crippen molar-refractivity contribution in [3.05, 3.63) is 54.4 Å². The van der Waals surface area contributed by atoms with E-state index in [-0.39, 0.29) is 11.9 Å². The van der Waals surface area contributed by atoms with Gasteiger partial charge in [0.05, 0.1) is 5.56 Å². The number of nitrogens with two attached hydrogens (primary N) is 1. The topological polar surface area (TPSA) is 59.2 Å². The zero-order valence-electron chi connectivity index (χ0n) is 11.2. The first-order valence-electron chi connectivity index (χ1n) is 6.79. The van der Waals surface area contributed by atoms with Gasteiger partial charge in [0.2, 0.25) is 0 Å². The summed E-state index contributed by atoms with van der Waals surface area (Å²) in [7, 11) is 0. The summed E-state index contributed by atoms with van der Waals surface area (Å²) in [5.74, 6) is 0.0169. The first-order chi connectivity index (χ1) is 9.74. The molecule has 1 aromatic carbocycles. The Bertz CT molecular complexity index is 612. The van der Waals surface area contributed by atoms with Gasteiger partial charge in [-0.25, -0.2) is 0 Å². The third-order valence-corrected chi connectivity index (χ3v) is 3.60.